The van der Waals surface area contributed by atoms with E-state index in [9.17, 15) is 0 Å². The lowest BCUT2D eigenvalue weighted by Gasteiger charge is -2.07. The van der Waals surface area contributed by atoms with Gasteiger partial charge in [-0.1, -0.05) is 13.3 Å². The van der Waals surface area contributed by atoms with Crippen LogP contribution in [-0.2, 0) is 4.74 Å². The number of unbranched alkanes of at least 4 members (excludes halogenated alkanes) is 1. The van der Waals surface area contributed by atoms with Crippen LogP contribution in [0.1, 0.15) is 19.8 Å². The van der Waals surface area contributed by atoms with Crippen molar-refractivity contribution in [2.45, 2.75) is 19.8 Å². The summed E-state index contributed by atoms with van der Waals surface area (Å²) in [6.07, 6.45) is 3.99. The van der Waals surface area contributed by atoms with Crippen LogP contribution < -0.4 is 4.74 Å². The average molecular weight is 274 g/mol. The summed E-state index contributed by atoms with van der Waals surface area (Å²) in [7, 11) is 0. The Kier molecular flexibility index (Phi) is 6.36. The molecule has 0 aliphatic carbocycles. The molecule has 0 saturated heterocycles. The Balaban J connectivity index is 2.12. The maximum atomic E-state index is 5.48. The lowest BCUT2D eigenvalue weighted by molar-refractivity contribution is 0.0976. The summed E-state index contributed by atoms with van der Waals surface area (Å²) >= 11 is 3.31. The second-order valence-electron chi connectivity index (χ2n) is 3.11. The normalized spacial score (nSPS) is 10.3. The van der Waals surface area contributed by atoms with Gasteiger partial charge in [0.1, 0.15) is 11.2 Å². The number of aromatic nitrogens is 1. The molecule has 1 aromatic heterocycles. The fraction of sp³-hybridized carbons (Fsp3) is 0.545. The minimum atomic E-state index is 0.563. The molecular weight excluding hydrogens is 258 g/mol. The van der Waals surface area contributed by atoms with E-state index in [1.165, 1.54) is 0 Å². The van der Waals surface area contributed by atoms with E-state index in [4.69, 9.17) is 9.47 Å². The number of pyridine rings is 1. The molecule has 0 amide bonds. The first-order valence-corrected chi connectivity index (χ1v) is 5.95. The van der Waals surface area contributed by atoms with Crippen molar-refractivity contribution in [2.24, 2.45) is 0 Å². The van der Waals surface area contributed by atoms with Crippen molar-refractivity contribution < 1.29 is 9.47 Å². The Hall–Kier alpha value is -0.610. The molecule has 0 fully saturated rings. The van der Waals surface area contributed by atoms with E-state index < -0.39 is 0 Å². The number of hydrogen-bond donors (Lipinski definition) is 0. The molecule has 0 radical (unpaired) electrons. The molecule has 0 saturated carbocycles. The van der Waals surface area contributed by atoms with Gasteiger partial charge in [-0.15, -0.1) is 0 Å². The molecule has 0 N–H and O–H groups in total. The molecule has 0 aliphatic heterocycles. The highest BCUT2D eigenvalue weighted by Gasteiger charge is 1.99. The van der Waals surface area contributed by atoms with Crippen molar-refractivity contribution in [1.29, 1.82) is 0 Å². The second kappa shape index (κ2) is 7.65. The van der Waals surface area contributed by atoms with Crippen LogP contribution in [0.4, 0.5) is 0 Å². The Morgan fingerprint density at radius 3 is 2.93 bits per heavy atom. The van der Waals surface area contributed by atoms with Gasteiger partial charge in [-0.3, -0.25) is 0 Å². The van der Waals surface area contributed by atoms with Crippen molar-refractivity contribution in [1.82, 2.24) is 4.98 Å². The molecule has 84 valence electrons. The summed E-state index contributed by atoms with van der Waals surface area (Å²) in [4.78, 5) is 4.06. The van der Waals surface area contributed by atoms with Gasteiger partial charge in [0.2, 0.25) is 0 Å². The summed E-state index contributed by atoms with van der Waals surface area (Å²) in [6.45, 7) is 4.15. The molecule has 0 unspecified atom stereocenters. The first kappa shape index (κ1) is 12.5. The summed E-state index contributed by atoms with van der Waals surface area (Å²) in [5, 5.41) is 0. The molecule has 3 nitrogen and oxygen atoms in total. The standard InChI is InChI=1S/C11H16BrNO2/c1-2-3-7-14-8-9-15-10-5-4-6-13-11(10)12/h4-6H,2-3,7-9H2,1H3. The lowest BCUT2D eigenvalue weighted by atomic mass is 10.4. The van der Waals surface area contributed by atoms with Crippen molar-refractivity contribution in [3.05, 3.63) is 22.9 Å². The van der Waals surface area contributed by atoms with Crippen molar-refractivity contribution in [3.63, 3.8) is 0 Å². The van der Waals surface area contributed by atoms with Gasteiger partial charge in [-0.2, -0.15) is 0 Å². The molecule has 0 atom stereocenters. The number of rotatable bonds is 7. The Bertz CT molecular complexity index is 281. The zero-order valence-corrected chi connectivity index (χ0v) is 10.5. The Labute approximate surface area is 98.9 Å². The van der Waals surface area contributed by atoms with Crippen LogP contribution in [0.3, 0.4) is 0 Å². The summed E-state index contributed by atoms with van der Waals surface area (Å²) in [5.74, 6) is 0.761. The lowest BCUT2D eigenvalue weighted by Crippen LogP contribution is -2.07. The van der Waals surface area contributed by atoms with Crippen molar-refractivity contribution in [3.8, 4) is 5.75 Å². The van der Waals surface area contributed by atoms with E-state index in [-0.39, 0.29) is 0 Å². The third kappa shape index (κ3) is 5.14. The van der Waals surface area contributed by atoms with Crippen LogP contribution in [0.25, 0.3) is 0 Å². The average Bonchev–Trinajstić information content (AvgIpc) is 2.25. The first-order chi connectivity index (χ1) is 7.34. The summed E-state index contributed by atoms with van der Waals surface area (Å²) < 4.78 is 11.6. The molecule has 1 rings (SSSR count). The minimum Gasteiger partial charge on any atom is -0.488 e. The van der Waals surface area contributed by atoms with Gasteiger partial charge in [0.05, 0.1) is 6.61 Å². The molecule has 1 aromatic rings. The van der Waals surface area contributed by atoms with E-state index in [0.29, 0.717) is 13.2 Å². The maximum absolute atomic E-state index is 5.48. The van der Waals surface area contributed by atoms with Crippen LogP contribution in [0.15, 0.2) is 22.9 Å². The van der Waals surface area contributed by atoms with E-state index in [0.717, 1.165) is 29.8 Å². The number of ether oxygens (including phenoxy) is 2. The molecule has 0 spiro atoms. The molecule has 15 heavy (non-hydrogen) atoms. The van der Waals surface area contributed by atoms with Gasteiger partial charge in [0.15, 0.2) is 5.75 Å². The van der Waals surface area contributed by atoms with Gasteiger partial charge in [0, 0.05) is 12.8 Å². The molecule has 0 aliphatic rings. The predicted octanol–water partition coefficient (Wildman–Crippen LogP) is 3.04. The van der Waals surface area contributed by atoms with Crippen molar-refractivity contribution >= 4 is 15.9 Å². The van der Waals surface area contributed by atoms with Crippen LogP contribution in [0.5, 0.6) is 5.75 Å². The van der Waals surface area contributed by atoms with E-state index in [2.05, 4.69) is 27.8 Å². The minimum absolute atomic E-state index is 0.563. The second-order valence-corrected chi connectivity index (χ2v) is 3.86. The first-order valence-electron chi connectivity index (χ1n) is 5.15. The van der Waals surface area contributed by atoms with Gasteiger partial charge < -0.3 is 9.47 Å². The summed E-state index contributed by atoms with van der Waals surface area (Å²) in [5.41, 5.74) is 0. The predicted molar refractivity (Wildman–Crippen MR) is 63.2 cm³/mol. The third-order valence-corrected chi connectivity index (χ3v) is 2.45. The smallest absolute Gasteiger partial charge is 0.152 e. The van der Waals surface area contributed by atoms with Crippen molar-refractivity contribution in [2.75, 3.05) is 19.8 Å². The third-order valence-electron chi connectivity index (χ3n) is 1.85. The monoisotopic (exact) mass is 273 g/mol. The van der Waals surface area contributed by atoms with E-state index in [1.807, 2.05) is 12.1 Å². The highest BCUT2D eigenvalue weighted by Crippen LogP contribution is 2.20. The zero-order valence-electron chi connectivity index (χ0n) is 8.91. The molecule has 1 heterocycles. The van der Waals surface area contributed by atoms with Crippen LogP contribution in [0, 0.1) is 0 Å². The van der Waals surface area contributed by atoms with Gasteiger partial charge in [0.25, 0.3) is 0 Å². The fourth-order valence-corrected chi connectivity index (χ4v) is 1.40. The quantitative estimate of drug-likeness (QED) is 0.565. The van der Waals surface area contributed by atoms with Gasteiger partial charge in [-0.05, 0) is 34.5 Å². The fourth-order valence-electron chi connectivity index (χ4n) is 1.04. The van der Waals surface area contributed by atoms with Gasteiger partial charge >= 0.3 is 0 Å². The molecule has 0 aromatic carbocycles. The van der Waals surface area contributed by atoms with Gasteiger partial charge in [-0.25, -0.2) is 4.98 Å². The molecular formula is C11H16BrNO2. The molecule has 4 heteroatoms. The van der Waals surface area contributed by atoms with Crippen LogP contribution in [-0.4, -0.2) is 24.8 Å². The molecule has 0 bridgehead atoms. The van der Waals surface area contributed by atoms with Crippen LogP contribution >= 0.6 is 15.9 Å². The van der Waals surface area contributed by atoms with Crippen LogP contribution in [0.2, 0.25) is 0 Å². The zero-order chi connectivity index (χ0) is 10.9. The highest BCUT2D eigenvalue weighted by molar-refractivity contribution is 9.10. The SMILES string of the molecule is CCCCOCCOc1cccnc1Br. The Morgan fingerprint density at radius 2 is 2.20 bits per heavy atom. The Morgan fingerprint density at radius 1 is 1.33 bits per heavy atom. The van der Waals surface area contributed by atoms with E-state index in [1.54, 1.807) is 6.20 Å². The summed E-state index contributed by atoms with van der Waals surface area (Å²) in [6, 6.07) is 3.72. The number of halogens is 1. The number of nitrogens with zero attached hydrogens (tertiary/aromatic N) is 1. The van der Waals surface area contributed by atoms with E-state index >= 15 is 0 Å². The maximum Gasteiger partial charge on any atom is 0.152 e. The topological polar surface area (TPSA) is 31.4 Å². The highest BCUT2D eigenvalue weighted by atomic mass is 79.9. The number of hydrogen-bond acceptors (Lipinski definition) is 3. The largest absolute Gasteiger partial charge is 0.488 e.